The third-order valence-corrected chi connectivity index (χ3v) is 6.98. The van der Waals surface area contributed by atoms with Crippen molar-refractivity contribution in [2.45, 2.75) is 24.2 Å². The van der Waals surface area contributed by atoms with Crippen LogP contribution in [0.3, 0.4) is 0 Å². The Hall–Kier alpha value is -3.91. The van der Waals surface area contributed by atoms with Crippen molar-refractivity contribution < 1.29 is 33.4 Å². The zero-order valence-electron chi connectivity index (χ0n) is 19.6. The van der Waals surface area contributed by atoms with E-state index in [4.69, 9.17) is 14.2 Å². The van der Waals surface area contributed by atoms with Crippen molar-refractivity contribution in [3.8, 4) is 11.5 Å². The smallest absolute Gasteiger partial charge is 0.331 e. The number of benzene rings is 3. The van der Waals surface area contributed by atoms with E-state index in [1.54, 1.807) is 48.5 Å². The lowest BCUT2D eigenvalue weighted by Crippen LogP contribution is -2.43. The van der Waals surface area contributed by atoms with Gasteiger partial charge in [0.05, 0.1) is 13.5 Å². The minimum atomic E-state index is -1.61. The molecule has 0 radical (unpaired) electrons. The summed E-state index contributed by atoms with van der Waals surface area (Å²) in [5.74, 6) is -0.350. The summed E-state index contributed by atoms with van der Waals surface area (Å²) in [6.07, 6.45) is -0.294. The Morgan fingerprint density at radius 3 is 2.31 bits per heavy atom. The number of carbonyl (C=O) groups excluding carboxylic acids is 4. The summed E-state index contributed by atoms with van der Waals surface area (Å²) in [6.45, 7) is -0.150. The molecular weight excluding hydrogens is 480 g/mol. The summed E-state index contributed by atoms with van der Waals surface area (Å²) in [6, 6.07) is 22.7. The van der Waals surface area contributed by atoms with Crippen molar-refractivity contribution in [2.24, 2.45) is 0 Å². The Balaban J connectivity index is 1.41. The average molecular weight is 505 g/mol. The highest BCUT2D eigenvalue weighted by atomic mass is 32.2. The molecule has 8 heteroatoms. The van der Waals surface area contributed by atoms with Gasteiger partial charge in [0.1, 0.15) is 18.1 Å². The first-order valence-electron chi connectivity index (χ1n) is 11.2. The standard InChI is InChI=1S/C28H24O7S/c1-33-23-9-5-8-21(14-23)24(29)18-34-22-12-10-19(11-13-22)16-28(25(30)15-26(31)36-28)27(32)35-17-20-6-3-2-4-7-20/h2-14H,15-18H2,1H3/t28-/m1/s1. The summed E-state index contributed by atoms with van der Waals surface area (Å²) < 4.78 is 14.6. The van der Waals surface area contributed by atoms with E-state index in [0.29, 0.717) is 22.6 Å². The minimum absolute atomic E-state index is 0.0115. The molecule has 0 spiro atoms. The number of ketones is 2. The maximum Gasteiger partial charge on any atom is 0.331 e. The van der Waals surface area contributed by atoms with Crippen LogP contribution in [0.2, 0.25) is 0 Å². The van der Waals surface area contributed by atoms with Gasteiger partial charge in [-0.25, -0.2) is 0 Å². The van der Waals surface area contributed by atoms with Gasteiger partial charge in [-0.3, -0.25) is 19.2 Å². The lowest BCUT2D eigenvalue weighted by molar-refractivity contribution is -0.150. The van der Waals surface area contributed by atoms with Gasteiger partial charge in [0.25, 0.3) is 0 Å². The second kappa shape index (κ2) is 11.2. The van der Waals surface area contributed by atoms with Crippen LogP contribution in [0.1, 0.15) is 27.9 Å². The molecule has 184 valence electrons. The number of ether oxygens (including phenoxy) is 3. The molecule has 1 aliphatic heterocycles. The van der Waals surface area contributed by atoms with E-state index in [1.807, 2.05) is 30.3 Å². The molecule has 0 N–H and O–H groups in total. The second-order valence-electron chi connectivity index (χ2n) is 8.23. The molecule has 1 heterocycles. The summed E-state index contributed by atoms with van der Waals surface area (Å²) in [4.78, 5) is 50.3. The van der Waals surface area contributed by atoms with Gasteiger partial charge < -0.3 is 14.2 Å². The maximum atomic E-state index is 13.0. The van der Waals surface area contributed by atoms with E-state index in [2.05, 4.69) is 0 Å². The number of hydrogen-bond acceptors (Lipinski definition) is 8. The molecule has 1 saturated heterocycles. The number of carbonyl (C=O) groups is 4. The van der Waals surface area contributed by atoms with E-state index < -0.39 is 16.5 Å². The van der Waals surface area contributed by atoms with E-state index in [0.717, 1.165) is 17.3 Å². The van der Waals surface area contributed by atoms with Crippen LogP contribution in [0.25, 0.3) is 0 Å². The fraction of sp³-hybridized carbons (Fsp3) is 0.214. The van der Waals surface area contributed by atoms with E-state index >= 15 is 0 Å². The van der Waals surface area contributed by atoms with Gasteiger partial charge in [0.2, 0.25) is 0 Å². The summed E-state index contributed by atoms with van der Waals surface area (Å²) in [7, 11) is 1.53. The normalized spacial score (nSPS) is 17.0. The Kier molecular flexibility index (Phi) is 7.85. The highest BCUT2D eigenvalue weighted by Gasteiger charge is 2.54. The Labute approximate surface area is 212 Å². The molecule has 0 unspecified atom stereocenters. The van der Waals surface area contributed by atoms with Gasteiger partial charge in [-0.2, -0.15) is 0 Å². The van der Waals surface area contributed by atoms with Crippen molar-refractivity contribution >= 4 is 34.4 Å². The number of rotatable bonds is 10. The molecule has 3 aromatic rings. The first-order valence-corrected chi connectivity index (χ1v) is 12.1. The molecule has 1 fully saturated rings. The largest absolute Gasteiger partial charge is 0.497 e. The van der Waals surface area contributed by atoms with Crippen LogP contribution in [0.4, 0.5) is 0 Å². The molecular formula is C28H24O7S. The van der Waals surface area contributed by atoms with Crippen LogP contribution in [0, 0.1) is 0 Å². The van der Waals surface area contributed by atoms with E-state index in [9.17, 15) is 19.2 Å². The van der Waals surface area contributed by atoms with Crippen molar-refractivity contribution in [1.29, 1.82) is 0 Å². The van der Waals surface area contributed by atoms with Crippen molar-refractivity contribution in [3.05, 3.63) is 95.6 Å². The molecule has 3 aromatic carbocycles. The molecule has 7 nitrogen and oxygen atoms in total. The van der Waals surface area contributed by atoms with Crippen LogP contribution in [0.5, 0.6) is 11.5 Å². The molecule has 4 rings (SSSR count). The molecule has 1 aliphatic rings. The second-order valence-corrected chi connectivity index (χ2v) is 9.58. The predicted molar refractivity (Wildman–Crippen MR) is 134 cm³/mol. The number of hydrogen-bond donors (Lipinski definition) is 0. The Morgan fingerprint density at radius 1 is 0.889 bits per heavy atom. The van der Waals surface area contributed by atoms with Crippen LogP contribution < -0.4 is 9.47 Å². The van der Waals surface area contributed by atoms with Crippen molar-refractivity contribution in [3.63, 3.8) is 0 Å². The zero-order valence-corrected chi connectivity index (χ0v) is 20.4. The van der Waals surface area contributed by atoms with Gasteiger partial charge in [-0.1, -0.05) is 66.4 Å². The fourth-order valence-electron chi connectivity index (χ4n) is 3.78. The molecule has 0 bridgehead atoms. The SMILES string of the molecule is COc1cccc(C(=O)COc2ccc(C[C@@]3(C(=O)OCc4ccccc4)SC(=O)CC3=O)cc2)c1. The third-order valence-electron chi connectivity index (χ3n) is 5.72. The summed E-state index contributed by atoms with van der Waals surface area (Å²) >= 11 is 0.729. The quantitative estimate of drug-likeness (QED) is 0.230. The molecule has 0 aliphatic carbocycles. The maximum absolute atomic E-state index is 13.0. The fourth-order valence-corrected chi connectivity index (χ4v) is 4.94. The van der Waals surface area contributed by atoms with Crippen molar-refractivity contribution in [2.75, 3.05) is 13.7 Å². The predicted octanol–water partition coefficient (Wildman–Crippen LogP) is 4.21. The molecule has 1 atom stereocenters. The molecule has 0 aromatic heterocycles. The number of thioether (sulfide) groups is 1. The Morgan fingerprint density at radius 2 is 1.64 bits per heavy atom. The lowest BCUT2D eigenvalue weighted by atomic mass is 9.93. The summed E-state index contributed by atoms with van der Waals surface area (Å²) in [5, 5.41) is -0.354. The molecule has 36 heavy (non-hydrogen) atoms. The third kappa shape index (κ3) is 5.83. The Bertz CT molecular complexity index is 1270. The monoisotopic (exact) mass is 504 g/mol. The van der Waals surface area contributed by atoms with Gasteiger partial charge >= 0.3 is 5.97 Å². The molecule has 0 saturated carbocycles. The van der Waals surface area contributed by atoms with E-state index in [1.165, 1.54) is 7.11 Å². The van der Waals surface area contributed by atoms with Gasteiger partial charge in [0.15, 0.2) is 28.0 Å². The van der Waals surface area contributed by atoms with E-state index in [-0.39, 0.29) is 37.0 Å². The van der Waals surface area contributed by atoms with Crippen LogP contribution in [-0.4, -0.2) is 41.1 Å². The number of methoxy groups -OCH3 is 1. The van der Waals surface area contributed by atoms with Gasteiger partial charge in [-0.15, -0.1) is 0 Å². The van der Waals surface area contributed by atoms with Crippen LogP contribution >= 0.6 is 11.8 Å². The summed E-state index contributed by atoms with van der Waals surface area (Å²) in [5.41, 5.74) is 1.92. The topological polar surface area (TPSA) is 96.0 Å². The highest BCUT2D eigenvalue weighted by molar-refractivity contribution is 8.16. The van der Waals surface area contributed by atoms with Crippen LogP contribution in [-0.2, 0) is 32.1 Å². The van der Waals surface area contributed by atoms with Gasteiger partial charge in [0, 0.05) is 12.0 Å². The van der Waals surface area contributed by atoms with Crippen LogP contribution in [0.15, 0.2) is 78.9 Å². The van der Waals surface area contributed by atoms with Crippen molar-refractivity contribution in [1.82, 2.24) is 0 Å². The highest BCUT2D eigenvalue weighted by Crippen LogP contribution is 2.41. The average Bonchev–Trinajstić information content (AvgIpc) is 3.20. The zero-order chi connectivity index (χ0) is 25.5. The van der Waals surface area contributed by atoms with Gasteiger partial charge in [-0.05, 0) is 35.4 Å². The lowest BCUT2D eigenvalue weighted by Gasteiger charge is -2.23. The first-order chi connectivity index (χ1) is 17.4. The first kappa shape index (κ1) is 25.2. The number of esters is 1. The minimum Gasteiger partial charge on any atom is -0.497 e. The molecule has 0 amide bonds. The number of Topliss-reactive ketones (excluding diaryl/α,β-unsaturated/α-hetero) is 2.